The molecule has 0 radical (unpaired) electrons. The number of rotatable bonds is 6. The van der Waals surface area contributed by atoms with Gasteiger partial charge in [-0.3, -0.25) is 10.1 Å². The van der Waals surface area contributed by atoms with E-state index in [2.05, 4.69) is 20.8 Å². The Bertz CT molecular complexity index is 461. The van der Waals surface area contributed by atoms with Gasteiger partial charge in [-0.25, -0.2) is 4.79 Å². The third-order valence-electron chi connectivity index (χ3n) is 2.50. The van der Waals surface area contributed by atoms with Crippen LogP contribution in [-0.4, -0.2) is 34.8 Å². The molecule has 0 spiro atoms. The summed E-state index contributed by atoms with van der Waals surface area (Å²) >= 11 is 1.32. The van der Waals surface area contributed by atoms with E-state index < -0.39 is 12.1 Å². The molecule has 7 nitrogen and oxygen atoms in total. The van der Waals surface area contributed by atoms with Gasteiger partial charge in [0.2, 0.25) is 11.0 Å². The number of carbonyl (C=O) groups is 2. The van der Waals surface area contributed by atoms with E-state index in [1.807, 2.05) is 20.8 Å². The molecule has 112 valence electrons. The van der Waals surface area contributed by atoms with E-state index in [4.69, 9.17) is 4.74 Å². The fourth-order valence-electron chi connectivity index (χ4n) is 1.46. The van der Waals surface area contributed by atoms with Gasteiger partial charge >= 0.3 is 6.09 Å². The van der Waals surface area contributed by atoms with Crippen molar-refractivity contribution in [3.63, 3.8) is 0 Å². The normalized spacial score (nSPS) is 12.1. The lowest BCUT2D eigenvalue weighted by molar-refractivity contribution is -0.119. The van der Waals surface area contributed by atoms with E-state index in [0.717, 1.165) is 11.4 Å². The number of carbonyl (C=O) groups excluding carboxylic acids is 2. The molecule has 0 unspecified atom stereocenters. The molecule has 1 atom stereocenters. The van der Waals surface area contributed by atoms with Crippen molar-refractivity contribution in [2.45, 2.75) is 40.2 Å². The van der Waals surface area contributed by atoms with Crippen LogP contribution in [0.4, 0.5) is 9.93 Å². The summed E-state index contributed by atoms with van der Waals surface area (Å²) in [6.07, 6.45) is 0.162. The Morgan fingerprint density at radius 1 is 1.30 bits per heavy atom. The first-order chi connectivity index (χ1) is 9.47. The van der Waals surface area contributed by atoms with Crippen LogP contribution in [0.15, 0.2) is 0 Å². The van der Waals surface area contributed by atoms with Gasteiger partial charge in [-0.2, -0.15) is 0 Å². The lowest BCUT2D eigenvalue weighted by Gasteiger charge is -2.20. The second-order valence-corrected chi connectivity index (χ2v) is 5.49. The van der Waals surface area contributed by atoms with Crippen molar-refractivity contribution in [3.8, 4) is 0 Å². The predicted molar refractivity (Wildman–Crippen MR) is 76.7 cm³/mol. The van der Waals surface area contributed by atoms with E-state index in [-0.39, 0.29) is 18.4 Å². The summed E-state index contributed by atoms with van der Waals surface area (Å²) in [7, 11) is 0. The zero-order chi connectivity index (χ0) is 15.1. The van der Waals surface area contributed by atoms with Crippen molar-refractivity contribution < 1.29 is 14.3 Å². The van der Waals surface area contributed by atoms with Crippen molar-refractivity contribution in [1.82, 2.24) is 15.5 Å². The molecular weight excluding hydrogens is 280 g/mol. The Hall–Kier alpha value is -1.70. The van der Waals surface area contributed by atoms with Crippen LogP contribution in [0.25, 0.3) is 0 Å². The van der Waals surface area contributed by atoms with Gasteiger partial charge in [0.1, 0.15) is 11.0 Å². The number of nitrogens with one attached hydrogen (secondary N) is 2. The van der Waals surface area contributed by atoms with Crippen LogP contribution < -0.4 is 10.6 Å². The number of ether oxygens (including phenoxy) is 1. The van der Waals surface area contributed by atoms with Gasteiger partial charge in [-0.1, -0.05) is 32.1 Å². The zero-order valence-corrected chi connectivity index (χ0v) is 12.9. The summed E-state index contributed by atoms with van der Waals surface area (Å²) in [6, 6.07) is -0.678. The molecule has 2 N–H and O–H groups in total. The lowest BCUT2D eigenvalue weighted by atomic mass is 10.0. The molecule has 1 aromatic heterocycles. The summed E-state index contributed by atoms with van der Waals surface area (Å²) < 4.78 is 4.79. The quantitative estimate of drug-likeness (QED) is 0.835. The highest BCUT2D eigenvalue weighted by molar-refractivity contribution is 7.15. The van der Waals surface area contributed by atoms with Gasteiger partial charge in [-0.05, 0) is 19.3 Å². The van der Waals surface area contributed by atoms with Crippen molar-refractivity contribution >= 4 is 28.5 Å². The highest BCUT2D eigenvalue weighted by Gasteiger charge is 2.25. The third kappa shape index (κ3) is 4.76. The summed E-state index contributed by atoms with van der Waals surface area (Å²) in [4.78, 5) is 23.6. The average Bonchev–Trinajstić information content (AvgIpc) is 2.83. The Balaban J connectivity index is 2.66. The third-order valence-corrected chi connectivity index (χ3v) is 3.48. The van der Waals surface area contributed by atoms with E-state index in [0.29, 0.717) is 5.13 Å². The summed E-state index contributed by atoms with van der Waals surface area (Å²) in [5, 5.41) is 14.3. The number of anilines is 1. The van der Waals surface area contributed by atoms with E-state index in [1.165, 1.54) is 11.3 Å². The first kappa shape index (κ1) is 16.4. The Morgan fingerprint density at radius 2 is 2.00 bits per heavy atom. The molecule has 0 aliphatic rings. The van der Waals surface area contributed by atoms with E-state index in [9.17, 15) is 9.59 Å². The highest BCUT2D eigenvalue weighted by Crippen LogP contribution is 2.16. The average molecular weight is 300 g/mol. The number of alkyl carbamates (subject to hydrolysis) is 1. The molecule has 20 heavy (non-hydrogen) atoms. The van der Waals surface area contributed by atoms with Crippen molar-refractivity contribution in [2.24, 2.45) is 5.92 Å². The second kappa shape index (κ2) is 7.78. The summed E-state index contributed by atoms with van der Waals surface area (Å²) in [5.74, 6) is -0.398. The van der Waals surface area contributed by atoms with Crippen molar-refractivity contribution in [1.29, 1.82) is 0 Å². The maximum absolute atomic E-state index is 12.1. The fraction of sp³-hybridized carbons (Fsp3) is 0.667. The molecule has 0 fully saturated rings. The molecule has 8 heteroatoms. The number of aromatic nitrogens is 2. The van der Waals surface area contributed by atoms with Gasteiger partial charge in [0.05, 0.1) is 6.61 Å². The maximum atomic E-state index is 12.1. The van der Waals surface area contributed by atoms with Crippen molar-refractivity contribution in [3.05, 3.63) is 5.01 Å². The number of nitrogens with zero attached hydrogens (tertiary/aromatic N) is 2. The molecule has 0 bridgehead atoms. The summed E-state index contributed by atoms with van der Waals surface area (Å²) in [6.45, 7) is 7.61. The Morgan fingerprint density at radius 3 is 2.50 bits per heavy atom. The van der Waals surface area contributed by atoms with Crippen molar-refractivity contribution in [2.75, 3.05) is 11.9 Å². The summed E-state index contributed by atoms with van der Waals surface area (Å²) in [5.41, 5.74) is 0. The van der Waals surface area contributed by atoms with Crippen LogP contribution in [0.1, 0.15) is 32.7 Å². The predicted octanol–water partition coefficient (Wildman–Crippen LogP) is 1.81. The van der Waals surface area contributed by atoms with Crippen LogP contribution in [0.2, 0.25) is 0 Å². The van der Waals surface area contributed by atoms with Crippen LogP contribution in [0.3, 0.4) is 0 Å². The molecule has 1 rings (SSSR count). The first-order valence-corrected chi connectivity index (χ1v) is 7.36. The molecule has 0 saturated heterocycles. The molecular formula is C12H20N4O3S. The van der Waals surface area contributed by atoms with Gasteiger partial charge in [0, 0.05) is 0 Å². The molecule has 0 aromatic carbocycles. The van der Waals surface area contributed by atoms with Gasteiger partial charge in [0.25, 0.3) is 0 Å². The number of hydrogen-bond donors (Lipinski definition) is 2. The van der Waals surface area contributed by atoms with E-state index in [1.54, 1.807) is 6.92 Å². The van der Waals surface area contributed by atoms with Gasteiger partial charge in [-0.15, -0.1) is 10.2 Å². The maximum Gasteiger partial charge on any atom is 0.407 e. The molecule has 1 aromatic rings. The van der Waals surface area contributed by atoms with Crippen LogP contribution in [-0.2, 0) is 16.0 Å². The molecule has 0 saturated carbocycles. The van der Waals surface area contributed by atoms with E-state index >= 15 is 0 Å². The minimum absolute atomic E-state index is 0.0713. The largest absolute Gasteiger partial charge is 0.450 e. The van der Waals surface area contributed by atoms with Crippen LogP contribution >= 0.6 is 11.3 Å². The number of hydrogen-bond acceptors (Lipinski definition) is 6. The smallest absolute Gasteiger partial charge is 0.407 e. The highest BCUT2D eigenvalue weighted by atomic mass is 32.1. The Labute approximate surface area is 122 Å². The lowest BCUT2D eigenvalue weighted by Crippen LogP contribution is -2.47. The minimum atomic E-state index is -0.678. The molecule has 1 heterocycles. The van der Waals surface area contributed by atoms with Crippen LogP contribution in [0, 0.1) is 5.92 Å². The monoisotopic (exact) mass is 300 g/mol. The SMILES string of the molecule is CCOC(=O)N[C@H](C(=O)Nc1nnc(CC)s1)C(C)C. The topological polar surface area (TPSA) is 93.2 Å². The van der Waals surface area contributed by atoms with Crippen LogP contribution in [0.5, 0.6) is 0 Å². The second-order valence-electron chi connectivity index (χ2n) is 4.43. The number of amides is 2. The minimum Gasteiger partial charge on any atom is -0.450 e. The zero-order valence-electron chi connectivity index (χ0n) is 12.1. The molecule has 0 aliphatic carbocycles. The Kier molecular flexibility index (Phi) is 6.37. The molecule has 2 amide bonds. The fourth-order valence-corrected chi connectivity index (χ4v) is 2.15. The molecule has 0 aliphatic heterocycles. The van der Waals surface area contributed by atoms with Gasteiger partial charge in [0.15, 0.2) is 0 Å². The number of aryl methyl sites for hydroxylation is 1. The van der Waals surface area contributed by atoms with Gasteiger partial charge < -0.3 is 10.1 Å². The standard InChI is InChI=1S/C12H20N4O3S/c1-5-8-15-16-11(20-8)14-10(17)9(7(3)4)13-12(18)19-6-2/h7,9H,5-6H2,1-4H3,(H,13,18)(H,14,16,17)/t9-/m0/s1. The first-order valence-electron chi connectivity index (χ1n) is 6.54.